The Morgan fingerprint density at radius 1 is 0.969 bits per heavy atom. The summed E-state index contributed by atoms with van der Waals surface area (Å²) in [7, 11) is -1.28. The summed E-state index contributed by atoms with van der Waals surface area (Å²) < 4.78 is 18.6. The highest BCUT2D eigenvalue weighted by atomic mass is 32.2. The number of aryl methyl sites for hydroxylation is 1. The molecule has 0 saturated carbocycles. The molecule has 0 fully saturated rings. The second-order valence-electron chi connectivity index (χ2n) is 7.56. The lowest BCUT2D eigenvalue weighted by Gasteiger charge is -2.11. The van der Waals surface area contributed by atoms with E-state index in [-0.39, 0.29) is 6.61 Å². The Morgan fingerprint density at radius 2 is 1.66 bits per heavy atom. The summed E-state index contributed by atoms with van der Waals surface area (Å²) in [5.41, 5.74) is 3.57. The van der Waals surface area contributed by atoms with E-state index in [9.17, 15) is 9.00 Å². The van der Waals surface area contributed by atoms with Crippen LogP contribution in [0, 0.1) is 6.92 Å². The zero-order valence-electron chi connectivity index (χ0n) is 18.5. The number of allylic oxidation sites excluding steroid dienone is 1. The molecule has 0 aromatic heterocycles. The molecule has 0 heterocycles. The van der Waals surface area contributed by atoms with Gasteiger partial charge in [0.1, 0.15) is 6.61 Å². The molecule has 32 heavy (non-hydrogen) atoms. The maximum absolute atomic E-state index is 13.3. The van der Waals surface area contributed by atoms with E-state index < -0.39 is 16.9 Å². The molecule has 5 heteroatoms. The maximum Gasteiger partial charge on any atom is 0.411 e. The van der Waals surface area contributed by atoms with E-state index in [1.165, 1.54) is 0 Å². The largest absolute Gasteiger partial charge is 0.444 e. The highest BCUT2D eigenvalue weighted by Crippen LogP contribution is 2.27. The van der Waals surface area contributed by atoms with Crippen molar-refractivity contribution in [2.45, 2.75) is 44.6 Å². The maximum atomic E-state index is 13.3. The van der Waals surface area contributed by atoms with Gasteiger partial charge in [-0.15, -0.1) is 0 Å². The van der Waals surface area contributed by atoms with Gasteiger partial charge in [-0.05, 0) is 48.7 Å². The Kier molecular flexibility index (Phi) is 8.81. The van der Waals surface area contributed by atoms with E-state index >= 15 is 0 Å². The molecular weight excluding hydrogens is 418 g/mol. The van der Waals surface area contributed by atoms with Gasteiger partial charge < -0.3 is 4.74 Å². The van der Waals surface area contributed by atoms with Crippen LogP contribution in [0.15, 0.2) is 89.8 Å². The van der Waals surface area contributed by atoms with Crippen LogP contribution in [0.25, 0.3) is 4.91 Å². The Hall–Kier alpha value is -3.18. The van der Waals surface area contributed by atoms with Gasteiger partial charge in [0.15, 0.2) is 0 Å². The molecule has 0 radical (unpaired) electrons. The van der Waals surface area contributed by atoms with E-state index in [1.54, 1.807) is 12.1 Å². The van der Waals surface area contributed by atoms with E-state index in [1.807, 2.05) is 73.7 Å². The summed E-state index contributed by atoms with van der Waals surface area (Å²) >= 11 is 0. The number of unbranched alkanes of at least 4 members (excludes halogenated alkanes) is 2. The number of carbonyl (C=O) groups excluding carboxylic acids is 1. The lowest BCUT2D eigenvalue weighted by atomic mass is 10.1. The van der Waals surface area contributed by atoms with Crippen molar-refractivity contribution in [1.82, 2.24) is 0 Å². The number of carbonyl (C=O) groups is 1. The third-order valence-electron chi connectivity index (χ3n) is 4.95. The van der Waals surface area contributed by atoms with Gasteiger partial charge in [-0.1, -0.05) is 86.0 Å². The van der Waals surface area contributed by atoms with Crippen LogP contribution in [0.1, 0.15) is 42.9 Å². The fourth-order valence-corrected chi connectivity index (χ4v) is 4.38. The molecule has 1 atom stereocenters. The van der Waals surface area contributed by atoms with Gasteiger partial charge >= 0.3 is 6.09 Å². The van der Waals surface area contributed by atoms with Crippen LogP contribution in [0.4, 0.5) is 10.5 Å². The molecule has 3 rings (SSSR count). The average molecular weight is 448 g/mol. The molecule has 0 aliphatic carbocycles. The lowest BCUT2D eigenvalue weighted by Crippen LogP contribution is -2.13. The zero-order valence-corrected chi connectivity index (χ0v) is 19.4. The molecule has 3 aromatic carbocycles. The third-order valence-corrected chi connectivity index (χ3v) is 6.45. The molecule has 0 bridgehead atoms. The van der Waals surface area contributed by atoms with Gasteiger partial charge in [-0.2, -0.15) is 0 Å². The van der Waals surface area contributed by atoms with E-state index in [0.29, 0.717) is 5.69 Å². The Balaban J connectivity index is 1.69. The van der Waals surface area contributed by atoms with Gasteiger partial charge in [-0.3, -0.25) is 5.32 Å². The molecule has 3 aromatic rings. The first kappa shape index (κ1) is 23.5. The predicted molar refractivity (Wildman–Crippen MR) is 132 cm³/mol. The van der Waals surface area contributed by atoms with Crippen molar-refractivity contribution < 1.29 is 13.7 Å². The standard InChI is InChI=1S/C27H29NO3S/c1-3-4-6-11-26(32(30)25-18-12-21(2)13-19-25)23-14-16-24(17-15-23)28-27(29)31-20-22-9-7-5-8-10-22/h5,7-19H,3-4,6,20H2,1-2H3,(H,28,29)/b26-11-/t32-/m0/s1. The second-order valence-corrected chi connectivity index (χ2v) is 9.01. The van der Waals surface area contributed by atoms with Crippen LogP contribution in [-0.2, 0) is 22.1 Å². The molecule has 0 aliphatic rings. The minimum atomic E-state index is -1.28. The molecule has 4 nitrogen and oxygen atoms in total. The van der Waals surface area contributed by atoms with Gasteiger partial charge in [0.05, 0.1) is 10.8 Å². The van der Waals surface area contributed by atoms with Crippen molar-refractivity contribution in [1.29, 1.82) is 0 Å². The highest BCUT2D eigenvalue weighted by molar-refractivity contribution is 7.94. The van der Waals surface area contributed by atoms with Crippen LogP contribution >= 0.6 is 0 Å². The first-order valence-corrected chi connectivity index (χ1v) is 12.0. The molecule has 0 unspecified atom stereocenters. The normalized spacial score (nSPS) is 12.2. The number of nitrogens with one attached hydrogen (secondary N) is 1. The third kappa shape index (κ3) is 6.92. The number of amides is 1. The molecular formula is C27H29NO3S. The quantitative estimate of drug-likeness (QED) is 0.357. The highest BCUT2D eigenvalue weighted by Gasteiger charge is 2.13. The first-order valence-electron chi connectivity index (χ1n) is 10.8. The smallest absolute Gasteiger partial charge is 0.411 e. The second kappa shape index (κ2) is 12.0. The molecule has 0 spiro atoms. The van der Waals surface area contributed by atoms with Crippen LogP contribution < -0.4 is 5.32 Å². The van der Waals surface area contributed by atoms with Crippen molar-refractivity contribution >= 4 is 27.5 Å². The molecule has 0 aliphatic heterocycles. The van der Waals surface area contributed by atoms with Crippen molar-refractivity contribution in [3.63, 3.8) is 0 Å². The topological polar surface area (TPSA) is 55.4 Å². The van der Waals surface area contributed by atoms with Crippen molar-refractivity contribution in [3.05, 3.63) is 102 Å². The fourth-order valence-electron chi connectivity index (χ4n) is 3.12. The minimum absolute atomic E-state index is 0.213. The average Bonchev–Trinajstić information content (AvgIpc) is 2.82. The number of hydrogen-bond acceptors (Lipinski definition) is 3. The van der Waals surface area contributed by atoms with Crippen molar-refractivity contribution in [2.24, 2.45) is 0 Å². The summed E-state index contributed by atoms with van der Waals surface area (Å²) in [4.78, 5) is 13.7. The van der Waals surface area contributed by atoms with Crippen LogP contribution in [0.5, 0.6) is 0 Å². The lowest BCUT2D eigenvalue weighted by molar-refractivity contribution is 0.155. The zero-order chi connectivity index (χ0) is 22.8. The number of hydrogen-bond donors (Lipinski definition) is 1. The van der Waals surface area contributed by atoms with Crippen LogP contribution in [-0.4, -0.2) is 10.3 Å². The van der Waals surface area contributed by atoms with Gasteiger partial charge in [0.25, 0.3) is 0 Å². The van der Waals surface area contributed by atoms with Gasteiger partial charge in [-0.25, -0.2) is 9.00 Å². The molecule has 1 amide bonds. The Labute approximate surface area is 192 Å². The van der Waals surface area contributed by atoms with Gasteiger partial charge in [0, 0.05) is 15.5 Å². The summed E-state index contributed by atoms with van der Waals surface area (Å²) in [6.45, 7) is 4.37. The molecule has 166 valence electrons. The van der Waals surface area contributed by atoms with E-state index in [2.05, 4.69) is 18.3 Å². The number of ether oxygens (including phenoxy) is 1. The summed E-state index contributed by atoms with van der Waals surface area (Å²) in [6.07, 6.45) is 4.55. The number of anilines is 1. The minimum Gasteiger partial charge on any atom is -0.444 e. The van der Waals surface area contributed by atoms with E-state index in [0.717, 1.165) is 45.8 Å². The summed E-state index contributed by atoms with van der Waals surface area (Å²) in [5, 5.41) is 2.74. The van der Waals surface area contributed by atoms with Crippen LogP contribution in [0.2, 0.25) is 0 Å². The summed E-state index contributed by atoms with van der Waals surface area (Å²) in [5.74, 6) is 0. The predicted octanol–water partition coefficient (Wildman–Crippen LogP) is 7.08. The fraction of sp³-hybridized carbons (Fsp3) is 0.222. The van der Waals surface area contributed by atoms with E-state index in [4.69, 9.17) is 4.74 Å². The SMILES string of the molecule is CCCC/C=C(/c1ccc(NC(=O)OCc2ccccc2)cc1)[S@@](=O)c1ccc(C)cc1. The molecule has 1 N–H and O–H groups in total. The Morgan fingerprint density at radius 3 is 2.31 bits per heavy atom. The van der Waals surface area contributed by atoms with Crippen molar-refractivity contribution in [3.8, 4) is 0 Å². The number of rotatable bonds is 9. The Bertz CT molecular complexity index is 1060. The number of benzene rings is 3. The van der Waals surface area contributed by atoms with Crippen molar-refractivity contribution in [2.75, 3.05) is 5.32 Å². The molecule has 0 saturated heterocycles. The van der Waals surface area contributed by atoms with Crippen LogP contribution in [0.3, 0.4) is 0 Å². The summed E-state index contributed by atoms with van der Waals surface area (Å²) in [6, 6.07) is 24.7. The monoisotopic (exact) mass is 447 g/mol. The van der Waals surface area contributed by atoms with Gasteiger partial charge in [0.2, 0.25) is 0 Å². The first-order chi connectivity index (χ1) is 15.6.